The van der Waals surface area contributed by atoms with E-state index < -0.39 is 52.5 Å². The first kappa shape index (κ1) is 98.1. The topological polar surface area (TPSA) is 286 Å². The van der Waals surface area contributed by atoms with Crippen molar-refractivity contribution in [1.29, 1.82) is 0 Å². The van der Waals surface area contributed by atoms with Crippen molar-refractivity contribution in [2.24, 2.45) is 0 Å². The highest BCUT2D eigenvalue weighted by molar-refractivity contribution is 7.98. The summed E-state index contributed by atoms with van der Waals surface area (Å²) < 4.78 is 177. The van der Waals surface area contributed by atoms with Crippen LogP contribution in [0.15, 0.2) is 528 Å². The molecule has 0 aromatic heterocycles. The van der Waals surface area contributed by atoms with Gasteiger partial charge < -0.3 is 22.8 Å². The first-order valence-corrected chi connectivity index (χ1v) is 47.7. The van der Waals surface area contributed by atoms with Crippen LogP contribution in [-0.4, -0.2) is 64.9 Å². The lowest BCUT2D eigenvalue weighted by Crippen LogP contribution is -2.04. The monoisotopic (exact) mass is 1810 g/mol. The Hall–Kier alpha value is -10.8. The molecule has 620 valence electrons. The van der Waals surface area contributed by atoms with Gasteiger partial charge in [0.25, 0.3) is 52.5 Å². The van der Waals surface area contributed by atoms with E-state index in [1.165, 1.54) is 73.4 Å². The molecule has 0 aliphatic carbocycles. The third-order valence-corrected chi connectivity index (χ3v) is 25.8. The molecule has 15 aromatic rings. The Morgan fingerprint density at radius 1 is 0.125 bits per heavy atom. The Labute approximate surface area is 713 Å². The summed E-state index contributed by atoms with van der Waals surface area (Å²) in [7, 11) is -27.2. The number of rotatable bonds is 15. The van der Waals surface area contributed by atoms with Crippen LogP contribution < -0.4 is 0 Å². The van der Waals surface area contributed by atoms with E-state index in [9.17, 15) is 19.4 Å². The normalized spacial score (nSPS) is 10.8. The van der Waals surface area contributed by atoms with Crippen molar-refractivity contribution < 1.29 is 84.3 Å². The molecule has 0 fully saturated rings. The van der Waals surface area contributed by atoms with Crippen LogP contribution in [0.3, 0.4) is 0 Å². The third kappa shape index (κ3) is 42.3. The number of benzene rings is 15. The Morgan fingerprint density at radius 3 is 0.208 bits per heavy atom. The second kappa shape index (κ2) is 52.3. The van der Waals surface area contributed by atoms with Gasteiger partial charge in [-0.25, -0.2) is 42.1 Å². The van der Waals surface area contributed by atoms with E-state index in [1.807, 2.05) is 0 Å². The van der Waals surface area contributed by atoms with Gasteiger partial charge in [-0.1, -0.05) is 273 Å². The summed E-state index contributed by atoms with van der Waals surface area (Å²) in [6, 6.07) is 161. The number of halogens is 5. The minimum atomic E-state index is -5.42. The van der Waals surface area contributed by atoms with Crippen LogP contribution in [0.5, 0.6) is 0 Å². The Morgan fingerprint density at radius 2 is 0.167 bits per heavy atom. The maximum absolute atomic E-state index is 10.1. The first-order chi connectivity index (χ1) is 57.2. The molecular weight excluding hydrogens is 1740 g/mol. The molecule has 0 spiro atoms. The van der Waals surface area contributed by atoms with E-state index in [4.69, 9.17) is 64.9 Å². The summed E-state index contributed by atoms with van der Waals surface area (Å²) in [6.45, 7) is 0. The van der Waals surface area contributed by atoms with Crippen molar-refractivity contribution >= 4 is 107 Å². The van der Waals surface area contributed by atoms with Gasteiger partial charge in [0.1, 0.15) is 0 Å². The predicted molar refractivity (Wildman–Crippen MR) is 461 cm³/mol. The van der Waals surface area contributed by atoms with Crippen LogP contribution >= 0.6 is 0 Å². The lowest BCUT2D eigenvalue weighted by Gasteiger charge is -2.07. The molecular formula is C90H75F5O15S10. The maximum Gasteiger partial charge on any atom is 0.255 e. The van der Waals surface area contributed by atoms with Gasteiger partial charge in [0.15, 0.2) is 73.4 Å². The summed E-state index contributed by atoms with van der Waals surface area (Å²) in [5, 5.41) is 0. The van der Waals surface area contributed by atoms with E-state index in [1.54, 1.807) is 0 Å². The van der Waals surface area contributed by atoms with Crippen LogP contribution in [0, 0.1) is 0 Å². The molecule has 0 saturated carbocycles. The summed E-state index contributed by atoms with van der Waals surface area (Å²) >= 11 is 0. The van der Waals surface area contributed by atoms with E-state index in [2.05, 4.69) is 455 Å². The van der Waals surface area contributed by atoms with Crippen molar-refractivity contribution in [2.75, 3.05) is 0 Å². The van der Waals surface area contributed by atoms with Gasteiger partial charge in [-0.05, 0) is 182 Å². The highest BCUT2D eigenvalue weighted by Gasteiger charge is 2.32. The molecule has 0 unspecified atom stereocenters. The third-order valence-electron chi connectivity index (χ3n) is 14.7. The zero-order valence-corrected chi connectivity index (χ0v) is 71.1. The first-order valence-electron chi connectivity index (χ1n) is 35.0. The lowest BCUT2D eigenvalue weighted by molar-refractivity contribution is 0.414. The minimum Gasteiger partial charge on any atom is -0.722 e. The summed E-state index contributed by atoms with van der Waals surface area (Å²) in [6.07, 6.45) is 0. The fourth-order valence-electron chi connectivity index (χ4n) is 10.4. The van der Waals surface area contributed by atoms with Crippen LogP contribution in [0.25, 0.3) is 0 Å². The van der Waals surface area contributed by atoms with Gasteiger partial charge in [-0.3, -0.25) is 0 Å². The highest BCUT2D eigenvalue weighted by Crippen LogP contribution is 2.36. The molecule has 0 N–H and O–H groups in total. The van der Waals surface area contributed by atoms with Crippen molar-refractivity contribution in [3.8, 4) is 0 Å². The second-order valence-electron chi connectivity index (χ2n) is 23.2. The van der Waals surface area contributed by atoms with Crippen LogP contribution in [0.2, 0.25) is 0 Å². The second-order valence-corrected chi connectivity index (χ2v) is 37.3. The molecule has 0 bridgehead atoms. The quantitative estimate of drug-likeness (QED) is 0.0399. The number of hydrogen-bond acceptors (Lipinski definition) is 15. The van der Waals surface area contributed by atoms with Crippen molar-refractivity contribution in [2.45, 2.75) is 73.4 Å². The minimum absolute atomic E-state index is 0.0146. The predicted octanol–water partition coefficient (Wildman–Crippen LogP) is 21.0. The van der Waals surface area contributed by atoms with Crippen molar-refractivity contribution in [1.82, 2.24) is 0 Å². The smallest absolute Gasteiger partial charge is 0.255 e. The number of hydrogen-bond donors (Lipinski definition) is 0. The molecule has 15 rings (SSSR count). The fraction of sp³-hybridized carbons (Fsp3) is 0. The highest BCUT2D eigenvalue weighted by atomic mass is 32.3. The fourth-order valence-corrected chi connectivity index (χ4v) is 20.9. The van der Waals surface area contributed by atoms with Gasteiger partial charge in [0, 0.05) is 0 Å². The Bertz CT molecular complexity index is 4550. The zero-order chi connectivity index (χ0) is 87.1. The van der Waals surface area contributed by atoms with Crippen LogP contribution in [0.4, 0.5) is 19.4 Å². The van der Waals surface area contributed by atoms with Gasteiger partial charge >= 0.3 is 0 Å². The molecule has 0 aliphatic heterocycles. The standard InChI is InChI=1S/5C18H15S.5FHO3S/c5*1-4-10-16(11-5-1)19(17-12-6-2-7-13-17)18-14-8-3-9-15-18;5*1-5(2,3)4/h5*1-15H;5*(H,2,3,4)/q5*+1;;;;;/p-5. The molecule has 0 radical (unpaired) electrons. The van der Waals surface area contributed by atoms with Crippen molar-refractivity contribution in [3.63, 3.8) is 0 Å². The molecule has 0 amide bonds. The Balaban J connectivity index is 0.000000217. The summed E-state index contributed by atoms with van der Waals surface area (Å²) in [5.74, 6) is 0. The van der Waals surface area contributed by atoms with Gasteiger partial charge in [0.05, 0.1) is 54.5 Å². The van der Waals surface area contributed by atoms with Gasteiger partial charge in [-0.15, -0.1) is 19.4 Å². The molecule has 0 atom stereocenters. The summed E-state index contributed by atoms with van der Waals surface area (Å²) in [5.41, 5.74) is 0. The molecule has 120 heavy (non-hydrogen) atoms. The van der Waals surface area contributed by atoms with Gasteiger partial charge in [0.2, 0.25) is 0 Å². The lowest BCUT2D eigenvalue weighted by atomic mass is 10.4. The molecule has 15 aromatic carbocycles. The molecule has 0 heterocycles. The summed E-state index contributed by atoms with van der Waals surface area (Å²) in [4.78, 5) is 20.4. The van der Waals surface area contributed by atoms with Crippen LogP contribution in [0.1, 0.15) is 0 Å². The molecule has 30 heteroatoms. The Kier molecular flexibility index (Phi) is 42.8. The zero-order valence-electron chi connectivity index (χ0n) is 62.9. The average Bonchev–Trinajstić information content (AvgIpc) is 0.845. The molecule has 0 saturated heterocycles. The average molecular weight is 1810 g/mol. The largest absolute Gasteiger partial charge is 0.722 e. The van der Waals surface area contributed by atoms with E-state index in [-0.39, 0.29) is 54.5 Å². The van der Waals surface area contributed by atoms with Gasteiger partial charge in [-0.2, -0.15) is 0 Å². The molecule has 15 nitrogen and oxygen atoms in total. The van der Waals surface area contributed by atoms with E-state index in [0.717, 1.165) is 0 Å². The van der Waals surface area contributed by atoms with Crippen LogP contribution in [-0.2, 0) is 107 Å². The van der Waals surface area contributed by atoms with Crippen molar-refractivity contribution in [3.05, 3.63) is 455 Å². The van der Waals surface area contributed by atoms with E-state index >= 15 is 0 Å². The maximum atomic E-state index is 10.1. The molecule has 0 aliphatic rings. The van der Waals surface area contributed by atoms with E-state index in [0.29, 0.717) is 0 Å². The SMILES string of the molecule is O=S(=O)([O-])F.O=S(=O)([O-])F.O=S(=O)([O-])F.O=S(=O)([O-])F.O=S(=O)([O-])F.c1ccc([S+](c2ccccc2)c2ccccc2)cc1.c1ccc([S+](c2ccccc2)c2ccccc2)cc1.c1ccc([S+](c2ccccc2)c2ccccc2)cc1.c1ccc([S+](c2ccccc2)c2ccccc2)cc1.c1ccc([S+](c2ccccc2)c2ccccc2)cc1.